The second-order valence-electron chi connectivity index (χ2n) is 6.81. The minimum atomic E-state index is 0.0823. The van der Waals surface area contributed by atoms with Crippen molar-refractivity contribution in [3.05, 3.63) is 70.8 Å². The van der Waals surface area contributed by atoms with E-state index >= 15 is 0 Å². The van der Waals surface area contributed by atoms with Crippen molar-refractivity contribution in [3.63, 3.8) is 0 Å². The van der Waals surface area contributed by atoms with Gasteiger partial charge in [0.2, 0.25) is 5.91 Å². The molecule has 1 N–H and O–H groups in total. The molecule has 2 aromatic carbocycles. The number of hydrogen-bond acceptors (Lipinski definition) is 2. The molecule has 2 nitrogen and oxygen atoms in total. The quantitative estimate of drug-likeness (QED) is 0.704. The van der Waals surface area contributed by atoms with Gasteiger partial charge < -0.3 is 5.32 Å². The fourth-order valence-electron chi connectivity index (χ4n) is 3.35. The van der Waals surface area contributed by atoms with Crippen LogP contribution in [0.1, 0.15) is 54.5 Å². The maximum atomic E-state index is 12.2. The monoisotopic (exact) mass is 353 g/mol. The molecule has 1 aliphatic rings. The predicted molar refractivity (Wildman–Crippen MR) is 107 cm³/mol. The van der Waals surface area contributed by atoms with Gasteiger partial charge in [0.15, 0.2) is 0 Å². The van der Waals surface area contributed by atoms with Gasteiger partial charge in [-0.15, -0.1) is 0 Å². The van der Waals surface area contributed by atoms with E-state index in [4.69, 9.17) is 0 Å². The number of carbonyl (C=O) groups is 1. The Morgan fingerprint density at radius 2 is 1.84 bits per heavy atom. The minimum Gasteiger partial charge on any atom is -0.350 e. The van der Waals surface area contributed by atoms with Crippen LogP contribution in [0.15, 0.2) is 48.5 Å². The van der Waals surface area contributed by atoms with Crippen molar-refractivity contribution < 1.29 is 4.79 Å². The number of carbonyl (C=O) groups excluding carboxylic acids is 1. The topological polar surface area (TPSA) is 29.1 Å². The maximum Gasteiger partial charge on any atom is 0.221 e. The number of amides is 1. The zero-order chi connectivity index (χ0) is 17.5. The molecular weight excluding hydrogens is 326 g/mol. The van der Waals surface area contributed by atoms with Gasteiger partial charge in [0.05, 0.1) is 6.04 Å². The van der Waals surface area contributed by atoms with Gasteiger partial charge in [0.1, 0.15) is 0 Å². The highest BCUT2D eigenvalue weighted by Gasteiger charge is 2.14. The van der Waals surface area contributed by atoms with Gasteiger partial charge >= 0.3 is 0 Å². The van der Waals surface area contributed by atoms with Crippen LogP contribution in [0.3, 0.4) is 0 Å². The molecule has 1 unspecified atom stereocenters. The summed E-state index contributed by atoms with van der Waals surface area (Å²) in [5, 5.41) is 3.15. The lowest BCUT2D eigenvalue weighted by atomic mass is 9.89. The molecule has 132 valence electrons. The summed E-state index contributed by atoms with van der Waals surface area (Å²) in [5.41, 5.74) is 5.51. The largest absolute Gasteiger partial charge is 0.350 e. The summed E-state index contributed by atoms with van der Waals surface area (Å²) in [6, 6.07) is 17.2. The second kappa shape index (κ2) is 9.10. The van der Waals surface area contributed by atoms with Crippen LogP contribution in [0.2, 0.25) is 0 Å². The number of rotatable bonds is 7. The van der Waals surface area contributed by atoms with Crippen molar-refractivity contribution in [3.8, 4) is 0 Å². The third-order valence-electron chi connectivity index (χ3n) is 4.84. The Balaban J connectivity index is 1.43. The Kier molecular flexibility index (Phi) is 6.57. The molecule has 0 radical (unpaired) electrons. The van der Waals surface area contributed by atoms with E-state index in [0.717, 1.165) is 11.5 Å². The van der Waals surface area contributed by atoms with Crippen LogP contribution in [0.5, 0.6) is 0 Å². The Morgan fingerprint density at radius 1 is 1.08 bits per heavy atom. The molecule has 3 heteroatoms. The first-order valence-corrected chi connectivity index (χ1v) is 10.4. The number of benzene rings is 2. The highest BCUT2D eigenvalue weighted by Crippen LogP contribution is 2.24. The van der Waals surface area contributed by atoms with E-state index in [1.54, 1.807) is 0 Å². The summed E-state index contributed by atoms with van der Waals surface area (Å²) >= 11 is 1.82. The first kappa shape index (κ1) is 18.1. The van der Waals surface area contributed by atoms with Crippen LogP contribution in [-0.4, -0.2) is 11.7 Å². The van der Waals surface area contributed by atoms with Gasteiger partial charge in [-0.1, -0.05) is 48.5 Å². The standard InChI is InChI=1S/C22H27NOS/c1-17(20-12-11-19-9-5-6-10-21(19)15-20)23-22(24)13-14-25-16-18-7-3-2-4-8-18/h2-4,7-8,11-12,15,17H,5-6,9-10,13-14,16H2,1H3,(H,23,24). The average molecular weight is 354 g/mol. The van der Waals surface area contributed by atoms with Crippen molar-refractivity contribution in [2.24, 2.45) is 0 Å². The summed E-state index contributed by atoms with van der Waals surface area (Å²) in [7, 11) is 0. The molecule has 2 aromatic rings. The van der Waals surface area contributed by atoms with Crippen molar-refractivity contribution >= 4 is 17.7 Å². The summed E-state index contributed by atoms with van der Waals surface area (Å²) < 4.78 is 0. The number of nitrogens with one attached hydrogen (secondary N) is 1. The lowest BCUT2D eigenvalue weighted by Crippen LogP contribution is -2.27. The van der Waals surface area contributed by atoms with Crippen LogP contribution in [-0.2, 0) is 23.4 Å². The molecule has 0 saturated carbocycles. The maximum absolute atomic E-state index is 12.2. The molecule has 1 aliphatic carbocycles. The molecule has 0 saturated heterocycles. The lowest BCUT2D eigenvalue weighted by molar-refractivity contribution is -0.121. The van der Waals surface area contributed by atoms with Crippen molar-refractivity contribution in [2.75, 3.05) is 5.75 Å². The van der Waals surface area contributed by atoms with Crippen molar-refractivity contribution in [1.82, 2.24) is 5.32 Å². The van der Waals surface area contributed by atoms with E-state index in [2.05, 4.69) is 54.7 Å². The van der Waals surface area contributed by atoms with E-state index in [-0.39, 0.29) is 11.9 Å². The molecular formula is C22H27NOS. The molecule has 0 aromatic heterocycles. The molecule has 1 amide bonds. The molecule has 0 aliphatic heterocycles. The summed E-state index contributed by atoms with van der Waals surface area (Å²) in [5.74, 6) is 1.97. The molecule has 1 atom stereocenters. The molecule has 0 fully saturated rings. The van der Waals surface area contributed by atoms with Crippen LogP contribution < -0.4 is 5.32 Å². The second-order valence-corrected chi connectivity index (χ2v) is 7.92. The molecule has 3 rings (SSSR count). The van der Waals surface area contributed by atoms with Crippen molar-refractivity contribution in [2.45, 2.75) is 50.8 Å². The first-order chi connectivity index (χ1) is 12.2. The van der Waals surface area contributed by atoms with Gasteiger partial charge in [-0.25, -0.2) is 0 Å². The van der Waals surface area contributed by atoms with E-state index in [0.29, 0.717) is 6.42 Å². The normalized spacial score (nSPS) is 14.6. The summed E-state index contributed by atoms with van der Waals surface area (Å²) in [6.45, 7) is 2.08. The van der Waals surface area contributed by atoms with E-state index in [1.807, 2.05) is 17.8 Å². The van der Waals surface area contributed by atoms with Crippen LogP contribution >= 0.6 is 11.8 Å². The molecule has 0 spiro atoms. The SMILES string of the molecule is CC(NC(=O)CCSCc1ccccc1)c1ccc2c(c1)CCCC2. The smallest absolute Gasteiger partial charge is 0.221 e. The Hall–Kier alpha value is -1.74. The van der Waals surface area contributed by atoms with Crippen LogP contribution in [0.25, 0.3) is 0 Å². The lowest BCUT2D eigenvalue weighted by Gasteiger charge is -2.20. The minimum absolute atomic E-state index is 0.0823. The average Bonchev–Trinajstić information content (AvgIpc) is 2.65. The summed E-state index contributed by atoms with van der Waals surface area (Å²) in [4.78, 5) is 12.2. The number of hydrogen-bond donors (Lipinski definition) is 1. The highest BCUT2D eigenvalue weighted by molar-refractivity contribution is 7.98. The predicted octanol–water partition coefficient (Wildman–Crippen LogP) is 5.07. The van der Waals surface area contributed by atoms with Gasteiger partial charge in [-0.3, -0.25) is 4.79 Å². The number of fused-ring (bicyclic) bond motifs is 1. The number of aryl methyl sites for hydroxylation is 2. The highest BCUT2D eigenvalue weighted by atomic mass is 32.2. The Bertz CT molecular complexity index is 698. The van der Waals surface area contributed by atoms with Crippen molar-refractivity contribution in [1.29, 1.82) is 0 Å². The third-order valence-corrected chi connectivity index (χ3v) is 5.87. The zero-order valence-electron chi connectivity index (χ0n) is 15.0. The van der Waals surface area contributed by atoms with E-state index in [1.165, 1.54) is 47.9 Å². The number of thioether (sulfide) groups is 1. The molecule has 25 heavy (non-hydrogen) atoms. The van der Waals surface area contributed by atoms with Gasteiger partial charge in [-0.05, 0) is 54.9 Å². The summed E-state index contributed by atoms with van der Waals surface area (Å²) in [6.07, 6.45) is 5.55. The van der Waals surface area contributed by atoms with E-state index < -0.39 is 0 Å². The Morgan fingerprint density at radius 3 is 2.64 bits per heavy atom. The fourth-order valence-corrected chi connectivity index (χ4v) is 4.25. The Labute approximate surface area is 155 Å². The van der Waals surface area contributed by atoms with Gasteiger partial charge in [0, 0.05) is 17.9 Å². The van der Waals surface area contributed by atoms with Gasteiger partial charge in [0.25, 0.3) is 0 Å². The molecule has 0 bridgehead atoms. The first-order valence-electron chi connectivity index (χ1n) is 9.25. The third kappa shape index (κ3) is 5.37. The van der Waals surface area contributed by atoms with E-state index in [9.17, 15) is 4.79 Å². The zero-order valence-corrected chi connectivity index (χ0v) is 15.8. The van der Waals surface area contributed by atoms with Gasteiger partial charge in [-0.2, -0.15) is 11.8 Å². The fraction of sp³-hybridized carbons (Fsp3) is 0.409. The van der Waals surface area contributed by atoms with Crippen LogP contribution in [0, 0.1) is 0 Å². The van der Waals surface area contributed by atoms with Crippen LogP contribution in [0.4, 0.5) is 0 Å². The molecule has 0 heterocycles.